The number of pyridine rings is 1. The van der Waals surface area contributed by atoms with Crippen molar-refractivity contribution in [3.63, 3.8) is 0 Å². The summed E-state index contributed by atoms with van der Waals surface area (Å²) >= 11 is 1.81. The predicted molar refractivity (Wildman–Crippen MR) is 90.9 cm³/mol. The molecular formula is C17H21N3OS. The second kappa shape index (κ2) is 8.44. The third-order valence-corrected chi connectivity index (χ3v) is 4.14. The number of urea groups is 1. The van der Waals surface area contributed by atoms with E-state index in [1.807, 2.05) is 30.8 Å². The van der Waals surface area contributed by atoms with E-state index >= 15 is 0 Å². The zero-order valence-electron chi connectivity index (χ0n) is 12.9. The molecular weight excluding hydrogens is 294 g/mol. The number of benzene rings is 1. The van der Waals surface area contributed by atoms with E-state index < -0.39 is 0 Å². The van der Waals surface area contributed by atoms with Crippen molar-refractivity contribution in [2.75, 3.05) is 5.75 Å². The van der Waals surface area contributed by atoms with Crippen LogP contribution >= 0.6 is 11.8 Å². The molecule has 1 unspecified atom stereocenters. The van der Waals surface area contributed by atoms with Crippen molar-refractivity contribution < 1.29 is 4.79 Å². The van der Waals surface area contributed by atoms with Crippen LogP contribution in [0, 0.1) is 0 Å². The standard InChI is InChI=1S/C17H21N3OS/c1-3-22-16-6-4-15(5-7-16)13(2)20-17(21)19-12-14-8-10-18-11-9-14/h4-11,13H,3,12H2,1-2H3,(H2,19,20,21). The monoisotopic (exact) mass is 315 g/mol. The molecule has 0 fully saturated rings. The van der Waals surface area contributed by atoms with Gasteiger partial charge in [0.15, 0.2) is 0 Å². The first-order valence-electron chi connectivity index (χ1n) is 7.35. The summed E-state index contributed by atoms with van der Waals surface area (Å²) in [6.45, 7) is 4.61. The predicted octanol–water partition coefficient (Wildman–Crippen LogP) is 3.75. The van der Waals surface area contributed by atoms with E-state index in [2.05, 4.69) is 46.8 Å². The van der Waals surface area contributed by atoms with Crippen LogP contribution in [0.15, 0.2) is 53.7 Å². The van der Waals surface area contributed by atoms with Gasteiger partial charge < -0.3 is 10.6 Å². The molecule has 1 heterocycles. The van der Waals surface area contributed by atoms with Gasteiger partial charge in [0.25, 0.3) is 0 Å². The molecule has 0 spiro atoms. The Labute approximate surface area is 135 Å². The number of thioether (sulfide) groups is 1. The lowest BCUT2D eigenvalue weighted by molar-refractivity contribution is 0.237. The van der Waals surface area contributed by atoms with Crippen molar-refractivity contribution in [2.24, 2.45) is 0 Å². The van der Waals surface area contributed by atoms with Crippen LogP contribution in [0.5, 0.6) is 0 Å². The summed E-state index contributed by atoms with van der Waals surface area (Å²) in [5.41, 5.74) is 2.12. The molecule has 1 aromatic heterocycles. The third-order valence-electron chi connectivity index (χ3n) is 3.24. The SMILES string of the molecule is CCSc1ccc(C(C)NC(=O)NCc2ccncc2)cc1. The molecule has 2 rings (SSSR count). The molecule has 22 heavy (non-hydrogen) atoms. The van der Waals surface area contributed by atoms with E-state index in [9.17, 15) is 4.79 Å². The minimum atomic E-state index is -0.170. The van der Waals surface area contributed by atoms with Crippen LogP contribution in [-0.2, 0) is 6.54 Å². The van der Waals surface area contributed by atoms with E-state index in [0.29, 0.717) is 6.54 Å². The minimum Gasteiger partial charge on any atom is -0.334 e. The first-order valence-corrected chi connectivity index (χ1v) is 8.33. The number of hydrogen-bond acceptors (Lipinski definition) is 3. The number of carbonyl (C=O) groups is 1. The fourth-order valence-electron chi connectivity index (χ4n) is 2.03. The maximum Gasteiger partial charge on any atom is 0.315 e. The Balaban J connectivity index is 1.82. The van der Waals surface area contributed by atoms with Crippen molar-refractivity contribution >= 4 is 17.8 Å². The average molecular weight is 315 g/mol. The van der Waals surface area contributed by atoms with Crippen LogP contribution in [0.1, 0.15) is 31.0 Å². The molecule has 2 aromatic rings. The van der Waals surface area contributed by atoms with Crippen LogP contribution in [0.4, 0.5) is 4.79 Å². The summed E-state index contributed by atoms with van der Waals surface area (Å²) in [6.07, 6.45) is 3.43. The van der Waals surface area contributed by atoms with Crippen LogP contribution in [0.25, 0.3) is 0 Å². The van der Waals surface area contributed by atoms with Gasteiger partial charge in [-0.1, -0.05) is 19.1 Å². The van der Waals surface area contributed by atoms with Crippen LogP contribution in [0.2, 0.25) is 0 Å². The van der Waals surface area contributed by atoms with Crippen LogP contribution in [-0.4, -0.2) is 16.8 Å². The molecule has 5 heteroatoms. The zero-order valence-corrected chi connectivity index (χ0v) is 13.7. The highest BCUT2D eigenvalue weighted by Gasteiger charge is 2.09. The molecule has 2 amide bonds. The van der Waals surface area contributed by atoms with Gasteiger partial charge in [-0.05, 0) is 48.1 Å². The highest BCUT2D eigenvalue weighted by Crippen LogP contribution is 2.20. The number of rotatable bonds is 6. The first kappa shape index (κ1) is 16.4. The van der Waals surface area contributed by atoms with Gasteiger partial charge in [0.1, 0.15) is 0 Å². The third kappa shape index (κ3) is 5.07. The summed E-state index contributed by atoms with van der Waals surface area (Å²) in [5, 5.41) is 5.79. The largest absolute Gasteiger partial charge is 0.334 e. The smallest absolute Gasteiger partial charge is 0.315 e. The Morgan fingerprint density at radius 3 is 2.50 bits per heavy atom. The van der Waals surface area contributed by atoms with Crippen molar-refractivity contribution in [3.8, 4) is 0 Å². The van der Waals surface area contributed by atoms with E-state index in [1.54, 1.807) is 12.4 Å². The van der Waals surface area contributed by atoms with Crippen molar-refractivity contribution in [1.29, 1.82) is 0 Å². The second-order valence-corrected chi connectivity index (χ2v) is 6.24. The van der Waals surface area contributed by atoms with Gasteiger partial charge >= 0.3 is 6.03 Å². The zero-order chi connectivity index (χ0) is 15.8. The molecule has 1 aromatic carbocycles. The quantitative estimate of drug-likeness (QED) is 0.798. The summed E-state index contributed by atoms with van der Waals surface area (Å²) < 4.78 is 0. The topological polar surface area (TPSA) is 54.0 Å². The Morgan fingerprint density at radius 2 is 1.86 bits per heavy atom. The maximum absolute atomic E-state index is 11.9. The van der Waals surface area contributed by atoms with Gasteiger partial charge in [-0.2, -0.15) is 0 Å². The van der Waals surface area contributed by atoms with Crippen molar-refractivity contribution in [3.05, 3.63) is 59.9 Å². The van der Waals surface area contributed by atoms with Crippen LogP contribution in [0.3, 0.4) is 0 Å². The van der Waals surface area contributed by atoms with Crippen molar-refractivity contribution in [1.82, 2.24) is 15.6 Å². The number of nitrogens with one attached hydrogen (secondary N) is 2. The van der Waals surface area contributed by atoms with Crippen LogP contribution < -0.4 is 10.6 Å². The molecule has 0 aliphatic heterocycles. The van der Waals surface area contributed by atoms with E-state index in [0.717, 1.165) is 16.9 Å². The van der Waals surface area contributed by atoms with Crippen molar-refractivity contribution in [2.45, 2.75) is 31.3 Å². The van der Waals surface area contributed by atoms with Gasteiger partial charge in [0.05, 0.1) is 6.04 Å². The fourth-order valence-corrected chi connectivity index (χ4v) is 2.70. The molecule has 0 aliphatic carbocycles. The lowest BCUT2D eigenvalue weighted by atomic mass is 10.1. The maximum atomic E-state index is 11.9. The highest BCUT2D eigenvalue weighted by molar-refractivity contribution is 7.99. The van der Waals surface area contributed by atoms with Gasteiger partial charge in [-0.15, -0.1) is 11.8 Å². The first-order chi connectivity index (χ1) is 10.7. The Morgan fingerprint density at radius 1 is 1.18 bits per heavy atom. The van der Waals surface area contributed by atoms with Gasteiger partial charge in [-0.25, -0.2) is 4.79 Å². The van der Waals surface area contributed by atoms with Gasteiger partial charge in [-0.3, -0.25) is 4.98 Å². The summed E-state index contributed by atoms with van der Waals surface area (Å²) in [7, 11) is 0. The molecule has 0 saturated carbocycles. The molecule has 0 saturated heterocycles. The molecule has 0 aliphatic rings. The molecule has 0 bridgehead atoms. The molecule has 116 valence electrons. The lowest BCUT2D eigenvalue weighted by Crippen LogP contribution is -2.36. The number of hydrogen-bond donors (Lipinski definition) is 2. The number of amides is 2. The number of nitrogens with zero attached hydrogens (tertiary/aromatic N) is 1. The molecule has 2 N–H and O–H groups in total. The molecule has 4 nitrogen and oxygen atoms in total. The second-order valence-electron chi connectivity index (χ2n) is 4.91. The fraction of sp³-hybridized carbons (Fsp3) is 0.294. The van der Waals surface area contributed by atoms with E-state index in [4.69, 9.17) is 0 Å². The highest BCUT2D eigenvalue weighted by atomic mass is 32.2. The lowest BCUT2D eigenvalue weighted by Gasteiger charge is -2.15. The molecule has 1 atom stereocenters. The summed E-state index contributed by atoms with van der Waals surface area (Å²) in [6, 6.07) is 11.9. The number of carbonyl (C=O) groups excluding carboxylic acids is 1. The van der Waals surface area contributed by atoms with E-state index in [1.165, 1.54) is 4.90 Å². The normalized spacial score (nSPS) is 11.7. The summed E-state index contributed by atoms with van der Waals surface area (Å²) in [5.74, 6) is 1.06. The van der Waals surface area contributed by atoms with Gasteiger partial charge in [0, 0.05) is 23.8 Å². The Bertz CT molecular complexity index is 587. The summed E-state index contributed by atoms with van der Waals surface area (Å²) in [4.78, 5) is 17.1. The average Bonchev–Trinajstić information content (AvgIpc) is 2.55. The van der Waals surface area contributed by atoms with Gasteiger partial charge in [0.2, 0.25) is 0 Å². The van der Waals surface area contributed by atoms with E-state index in [-0.39, 0.29) is 12.1 Å². The number of aromatic nitrogens is 1. The minimum absolute atomic E-state index is 0.0295. The Hall–Kier alpha value is -2.01. The molecule has 0 radical (unpaired) electrons. The Kier molecular flexibility index (Phi) is 6.27.